The Hall–Kier alpha value is -1.23. The molecule has 0 aromatic heterocycles. The molecule has 1 unspecified atom stereocenters. The van der Waals surface area contributed by atoms with Crippen molar-refractivity contribution in [3.05, 3.63) is 57.2 Å². The summed E-state index contributed by atoms with van der Waals surface area (Å²) in [7, 11) is 0. The van der Waals surface area contributed by atoms with E-state index in [9.17, 15) is 5.11 Å². The number of nitrogens with one attached hydrogen (secondary N) is 1. The summed E-state index contributed by atoms with van der Waals surface area (Å²) >= 11 is 2.30. The van der Waals surface area contributed by atoms with E-state index in [2.05, 4.69) is 53.0 Å². The minimum absolute atomic E-state index is 0.0723. The molecular weight excluding hydrogens is 337 g/mol. The van der Waals surface area contributed by atoms with Gasteiger partial charge in [0.25, 0.3) is 0 Å². The Bertz CT molecular complexity index is 554. The lowest BCUT2D eigenvalue weighted by molar-refractivity contribution is 0.465. The number of hydrogen-bond acceptors (Lipinski definition) is 2. The standard InChI is InChI=1S/C15H16INO/c1-10-7-8-12(16)9-14(10)17-11(2)13-5-3-4-6-15(13)18/h3-9,11,17-18H,1-2H3. The van der Waals surface area contributed by atoms with E-state index in [1.54, 1.807) is 6.07 Å². The predicted octanol–water partition coefficient (Wildman–Crippen LogP) is 4.48. The number of phenols is 1. The van der Waals surface area contributed by atoms with Crippen LogP contribution in [0.25, 0.3) is 0 Å². The fraction of sp³-hybridized carbons (Fsp3) is 0.200. The van der Waals surface area contributed by atoms with Crippen LogP contribution in [0.1, 0.15) is 24.1 Å². The zero-order valence-electron chi connectivity index (χ0n) is 10.4. The maximum absolute atomic E-state index is 9.84. The number of phenolic OH excluding ortho intramolecular Hbond substituents is 1. The van der Waals surface area contributed by atoms with Gasteiger partial charge in [0.05, 0.1) is 6.04 Å². The van der Waals surface area contributed by atoms with Crippen molar-refractivity contribution in [1.29, 1.82) is 0 Å². The van der Waals surface area contributed by atoms with E-state index >= 15 is 0 Å². The molecular formula is C15H16INO. The summed E-state index contributed by atoms with van der Waals surface area (Å²) in [5.41, 5.74) is 3.23. The van der Waals surface area contributed by atoms with Crippen LogP contribution in [-0.4, -0.2) is 5.11 Å². The Morgan fingerprint density at radius 2 is 1.89 bits per heavy atom. The number of rotatable bonds is 3. The molecule has 18 heavy (non-hydrogen) atoms. The normalized spacial score (nSPS) is 12.2. The van der Waals surface area contributed by atoms with Crippen LogP contribution in [0.5, 0.6) is 5.75 Å². The smallest absolute Gasteiger partial charge is 0.120 e. The van der Waals surface area contributed by atoms with Gasteiger partial charge in [-0.1, -0.05) is 24.3 Å². The summed E-state index contributed by atoms with van der Waals surface area (Å²) in [6, 6.07) is 13.8. The van der Waals surface area contributed by atoms with Gasteiger partial charge in [-0.15, -0.1) is 0 Å². The minimum Gasteiger partial charge on any atom is -0.508 e. The first-order chi connectivity index (χ1) is 8.58. The molecule has 2 aromatic rings. The zero-order valence-corrected chi connectivity index (χ0v) is 12.6. The van der Waals surface area contributed by atoms with E-state index in [1.165, 1.54) is 9.13 Å². The van der Waals surface area contributed by atoms with Crippen LogP contribution < -0.4 is 5.32 Å². The van der Waals surface area contributed by atoms with Crippen molar-refractivity contribution in [2.24, 2.45) is 0 Å². The molecule has 2 nitrogen and oxygen atoms in total. The minimum atomic E-state index is 0.0723. The number of para-hydroxylation sites is 1. The van der Waals surface area contributed by atoms with Gasteiger partial charge in [-0.2, -0.15) is 0 Å². The van der Waals surface area contributed by atoms with Crippen molar-refractivity contribution in [2.45, 2.75) is 19.9 Å². The summed E-state index contributed by atoms with van der Waals surface area (Å²) in [5.74, 6) is 0.334. The third-order valence-corrected chi connectivity index (χ3v) is 3.65. The highest BCUT2D eigenvalue weighted by Crippen LogP contribution is 2.28. The maximum Gasteiger partial charge on any atom is 0.120 e. The van der Waals surface area contributed by atoms with E-state index in [-0.39, 0.29) is 6.04 Å². The molecule has 94 valence electrons. The summed E-state index contributed by atoms with van der Waals surface area (Å²) in [4.78, 5) is 0. The first-order valence-corrected chi connectivity index (χ1v) is 6.96. The van der Waals surface area contributed by atoms with E-state index in [1.807, 2.05) is 25.1 Å². The molecule has 0 aliphatic rings. The van der Waals surface area contributed by atoms with Crippen molar-refractivity contribution in [1.82, 2.24) is 0 Å². The second kappa shape index (κ2) is 5.61. The molecule has 0 heterocycles. The van der Waals surface area contributed by atoms with Crippen LogP contribution in [-0.2, 0) is 0 Å². The van der Waals surface area contributed by atoms with Gasteiger partial charge in [0.15, 0.2) is 0 Å². The summed E-state index contributed by atoms with van der Waals surface area (Å²) in [6.45, 7) is 4.13. The fourth-order valence-corrected chi connectivity index (χ4v) is 2.41. The molecule has 0 aliphatic heterocycles. The van der Waals surface area contributed by atoms with Crippen LogP contribution in [0.4, 0.5) is 5.69 Å². The van der Waals surface area contributed by atoms with Gasteiger partial charge >= 0.3 is 0 Å². The van der Waals surface area contributed by atoms with Gasteiger partial charge in [-0.3, -0.25) is 0 Å². The average Bonchev–Trinajstić information content (AvgIpc) is 2.34. The van der Waals surface area contributed by atoms with Gasteiger partial charge in [0.2, 0.25) is 0 Å². The lowest BCUT2D eigenvalue weighted by Gasteiger charge is -2.18. The third-order valence-electron chi connectivity index (χ3n) is 2.97. The molecule has 3 heteroatoms. The predicted molar refractivity (Wildman–Crippen MR) is 84.0 cm³/mol. The molecule has 2 rings (SSSR count). The SMILES string of the molecule is Cc1ccc(I)cc1NC(C)c1ccccc1O. The molecule has 2 aromatic carbocycles. The Morgan fingerprint density at radius 1 is 1.17 bits per heavy atom. The second-order valence-electron chi connectivity index (χ2n) is 4.38. The highest BCUT2D eigenvalue weighted by Gasteiger charge is 2.10. The lowest BCUT2D eigenvalue weighted by Crippen LogP contribution is -2.08. The topological polar surface area (TPSA) is 32.3 Å². The molecule has 0 saturated heterocycles. The molecule has 0 aliphatic carbocycles. The summed E-state index contributed by atoms with van der Waals surface area (Å²) in [6.07, 6.45) is 0. The van der Waals surface area contributed by atoms with Gasteiger partial charge in [-0.25, -0.2) is 0 Å². The Morgan fingerprint density at radius 3 is 2.61 bits per heavy atom. The van der Waals surface area contributed by atoms with Crippen LogP contribution in [0.15, 0.2) is 42.5 Å². The molecule has 1 atom stereocenters. The fourth-order valence-electron chi connectivity index (χ4n) is 1.91. The first kappa shape index (κ1) is 13.2. The lowest BCUT2D eigenvalue weighted by atomic mass is 10.1. The second-order valence-corrected chi connectivity index (χ2v) is 5.63. The van der Waals surface area contributed by atoms with Gasteiger partial charge in [0, 0.05) is 14.8 Å². The van der Waals surface area contributed by atoms with Crippen LogP contribution in [0.3, 0.4) is 0 Å². The Balaban J connectivity index is 2.24. The number of anilines is 1. The van der Waals surface area contributed by atoms with E-state index in [0.717, 1.165) is 11.3 Å². The maximum atomic E-state index is 9.84. The van der Waals surface area contributed by atoms with Crippen LogP contribution in [0, 0.1) is 10.5 Å². The zero-order chi connectivity index (χ0) is 13.1. The molecule has 0 spiro atoms. The largest absolute Gasteiger partial charge is 0.508 e. The third kappa shape index (κ3) is 2.96. The van der Waals surface area contributed by atoms with E-state index < -0.39 is 0 Å². The molecule has 2 N–H and O–H groups in total. The van der Waals surface area contributed by atoms with Crippen LogP contribution >= 0.6 is 22.6 Å². The van der Waals surface area contributed by atoms with E-state index in [0.29, 0.717) is 5.75 Å². The van der Waals surface area contributed by atoms with Crippen molar-refractivity contribution in [2.75, 3.05) is 5.32 Å². The van der Waals surface area contributed by atoms with Crippen LogP contribution in [0.2, 0.25) is 0 Å². The first-order valence-electron chi connectivity index (χ1n) is 5.88. The molecule has 0 bridgehead atoms. The van der Waals surface area contributed by atoms with Crippen molar-refractivity contribution < 1.29 is 5.11 Å². The number of aromatic hydroxyl groups is 1. The number of hydrogen-bond donors (Lipinski definition) is 2. The monoisotopic (exact) mass is 353 g/mol. The molecule has 0 saturated carbocycles. The number of benzene rings is 2. The Labute approximate surface area is 121 Å². The molecule has 0 fully saturated rings. The Kier molecular flexibility index (Phi) is 4.11. The quantitative estimate of drug-likeness (QED) is 0.798. The number of halogens is 1. The number of aryl methyl sites for hydroxylation is 1. The van der Waals surface area contributed by atoms with Gasteiger partial charge in [-0.05, 0) is 60.2 Å². The average molecular weight is 353 g/mol. The van der Waals surface area contributed by atoms with Crippen molar-refractivity contribution in [3.8, 4) is 5.75 Å². The molecule has 0 radical (unpaired) electrons. The summed E-state index contributed by atoms with van der Waals surface area (Å²) < 4.78 is 1.20. The summed E-state index contributed by atoms with van der Waals surface area (Å²) in [5, 5.41) is 13.3. The highest BCUT2D eigenvalue weighted by molar-refractivity contribution is 14.1. The van der Waals surface area contributed by atoms with Crippen molar-refractivity contribution in [3.63, 3.8) is 0 Å². The van der Waals surface area contributed by atoms with Gasteiger partial charge < -0.3 is 10.4 Å². The van der Waals surface area contributed by atoms with E-state index in [4.69, 9.17) is 0 Å². The van der Waals surface area contributed by atoms with Gasteiger partial charge in [0.1, 0.15) is 5.75 Å². The van der Waals surface area contributed by atoms with Crippen molar-refractivity contribution >= 4 is 28.3 Å². The highest BCUT2D eigenvalue weighted by atomic mass is 127. The molecule has 0 amide bonds.